The molecule has 0 radical (unpaired) electrons. The topological polar surface area (TPSA) is 143 Å². The molecule has 0 bridgehead atoms. The van der Waals surface area contributed by atoms with Crippen molar-refractivity contribution < 1.29 is 29.6 Å². The predicted octanol–water partition coefficient (Wildman–Crippen LogP) is 2.71. The maximum atomic E-state index is 13.4. The van der Waals surface area contributed by atoms with Crippen LogP contribution in [0.1, 0.15) is 29.0 Å². The molecule has 2 aromatic carbocycles. The van der Waals surface area contributed by atoms with Crippen molar-refractivity contribution in [1.82, 2.24) is 14.7 Å². The summed E-state index contributed by atoms with van der Waals surface area (Å²) >= 11 is 0. The molecule has 37 heavy (non-hydrogen) atoms. The second kappa shape index (κ2) is 10.9. The molecular weight excluding hydrogens is 478 g/mol. The standard InChI is InChI=1S/C27H27N3O7/c1-36-21-9-7-17(14-22(21)37-2)18(25-26(34)29-23-5-3-4-12-30(23)27(25)35)15-24(33)28-11-10-16-6-8-19(31)20(32)13-16/h3-9,12-14,18,31-32,34H,10-11,15H2,1-2H3,(H,28,33)/t18-/m1/s1. The molecule has 2 aromatic heterocycles. The van der Waals surface area contributed by atoms with Crippen LogP contribution in [0.4, 0.5) is 0 Å². The summed E-state index contributed by atoms with van der Waals surface area (Å²) in [6.45, 7) is 0.253. The van der Waals surface area contributed by atoms with E-state index in [1.165, 1.54) is 30.8 Å². The number of fused-ring (bicyclic) bond motifs is 1. The Labute approximate surface area is 212 Å². The number of hydrogen-bond donors (Lipinski definition) is 4. The monoisotopic (exact) mass is 505 g/mol. The van der Waals surface area contributed by atoms with Gasteiger partial charge in [-0.25, -0.2) is 0 Å². The molecule has 0 fully saturated rings. The van der Waals surface area contributed by atoms with Crippen LogP contribution in [0.15, 0.2) is 65.6 Å². The van der Waals surface area contributed by atoms with Crippen LogP contribution in [-0.2, 0) is 11.2 Å². The molecule has 1 amide bonds. The number of amides is 1. The smallest absolute Gasteiger partial charge is 0.265 e. The van der Waals surface area contributed by atoms with Crippen LogP contribution >= 0.6 is 0 Å². The molecule has 4 rings (SSSR count). The first-order chi connectivity index (χ1) is 17.8. The van der Waals surface area contributed by atoms with Crippen LogP contribution in [0.3, 0.4) is 0 Å². The zero-order chi connectivity index (χ0) is 26.5. The van der Waals surface area contributed by atoms with E-state index in [0.29, 0.717) is 23.5 Å². The molecule has 0 aliphatic heterocycles. The Morgan fingerprint density at radius 2 is 1.78 bits per heavy atom. The van der Waals surface area contributed by atoms with Crippen LogP contribution in [0.2, 0.25) is 0 Å². The van der Waals surface area contributed by atoms with Crippen molar-refractivity contribution >= 4 is 11.6 Å². The molecule has 4 aromatic rings. The van der Waals surface area contributed by atoms with Gasteiger partial charge in [-0.2, -0.15) is 4.98 Å². The molecule has 1 atom stereocenters. The van der Waals surface area contributed by atoms with Gasteiger partial charge in [-0.3, -0.25) is 14.0 Å². The van der Waals surface area contributed by atoms with Crippen LogP contribution in [0, 0.1) is 0 Å². The molecule has 192 valence electrons. The predicted molar refractivity (Wildman–Crippen MR) is 136 cm³/mol. The lowest BCUT2D eigenvalue weighted by molar-refractivity contribution is -0.121. The number of rotatable bonds is 9. The quantitative estimate of drug-likeness (QED) is 0.254. The number of benzene rings is 2. The van der Waals surface area contributed by atoms with E-state index in [9.17, 15) is 24.9 Å². The van der Waals surface area contributed by atoms with Gasteiger partial charge in [0, 0.05) is 25.1 Å². The number of phenols is 2. The summed E-state index contributed by atoms with van der Waals surface area (Å²) in [4.78, 5) is 30.6. The third-order valence-corrected chi connectivity index (χ3v) is 6.07. The highest BCUT2D eigenvalue weighted by atomic mass is 16.5. The largest absolute Gasteiger partial charge is 0.504 e. The number of carbonyl (C=O) groups excluding carboxylic acids is 1. The summed E-state index contributed by atoms with van der Waals surface area (Å²) in [5.41, 5.74) is 1.05. The van der Waals surface area contributed by atoms with E-state index >= 15 is 0 Å². The zero-order valence-corrected chi connectivity index (χ0v) is 20.3. The van der Waals surface area contributed by atoms with Gasteiger partial charge in [0.05, 0.1) is 19.8 Å². The van der Waals surface area contributed by atoms with Crippen LogP contribution in [0.5, 0.6) is 28.9 Å². The van der Waals surface area contributed by atoms with Crippen molar-refractivity contribution in [2.45, 2.75) is 18.8 Å². The highest BCUT2D eigenvalue weighted by Gasteiger charge is 2.27. The molecule has 0 aliphatic carbocycles. The van der Waals surface area contributed by atoms with E-state index in [4.69, 9.17) is 9.47 Å². The molecule has 0 unspecified atom stereocenters. The molecule has 10 nitrogen and oxygen atoms in total. The number of ether oxygens (including phenoxy) is 2. The van der Waals surface area contributed by atoms with Crippen LogP contribution in [0.25, 0.3) is 5.65 Å². The molecule has 2 heterocycles. The number of aromatic nitrogens is 2. The van der Waals surface area contributed by atoms with Crippen molar-refractivity contribution in [3.05, 3.63) is 87.8 Å². The molecular formula is C27H27N3O7. The fourth-order valence-electron chi connectivity index (χ4n) is 4.18. The summed E-state index contributed by atoms with van der Waals surface area (Å²) in [6, 6.07) is 14.5. The van der Waals surface area contributed by atoms with Gasteiger partial charge >= 0.3 is 0 Å². The van der Waals surface area contributed by atoms with Crippen molar-refractivity contribution in [1.29, 1.82) is 0 Å². The third-order valence-electron chi connectivity index (χ3n) is 6.07. The minimum absolute atomic E-state index is 0.0190. The lowest BCUT2D eigenvalue weighted by Crippen LogP contribution is -2.30. The molecule has 4 N–H and O–H groups in total. The molecule has 10 heteroatoms. The van der Waals surface area contributed by atoms with Gasteiger partial charge in [0.25, 0.3) is 5.56 Å². The highest BCUT2D eigenvalue weighted by Crippen LogP contribution is 2.36. The summed E-state index contributed by atoms with van der Waals surface area (Å²) in [5.74, 6) is -1.23. The maximum Gasteiger partial charge on any atom is 0.265 e. The molecule has 0 saturated carbocycles. The Kier molecular flexibility index (Phi) is 7.47. The second-order valence-electron chi connectivity index (χ2n) is 8.38. The number of aromatic hydroxyl groups is 3. The highest BCUT2D eigenvalue weighted by molar-refractivity contribution is 5.78. The second-order valence-corrected chi connectivity index (χ2v) is 8.38. The lowest BCUT2D eigenvalue weighted by atomic mass is 9.88. The molecule has 0 aliphatic rings. The Balaban J connectivity index is 1.65. The summed E-state index contributed by atoms with van der Waals surface area (Å²) in [7, 11) is 2.98. The Hall–Kier alpha value is -4.73. The van der Waals surface area contributed by atoms with Crippen LogP contribution in [-0.4, -0.2) is 51.4 Å². The molecule has 0 saturated heterocycles. The average molecular weight is 506 g/mol. The van der Waals surface area contributed by atoms with E-state index in [1.807, 2.05) is 0 Å². The minimum Gasteiger partial charge on any atom is -0.504 e. The first-order valence-corrected chi connectivity index (χ1v) is 11.5. The van der Waals surface area contributed by atoms with Gasteiger partial charge in [0.15, 0.2) is 23.0 Å². The first-order valence-electron chi connectivity index (χ1n) is 11.5. The fraction of sp³-hybridized carbons (Fsp3) is 0.222. The van der Waals surface area contributed by atoms with Crippen molar-refractivity contribution in [3.63, 3.8) is 0 Å². The average Bonchev–Trinajstić information content (AvgIpc) is 2.89. The van der Waals surface area contributed by atoms with Gasteiger partial charge < -0.3 is 30.1 Å². The first kappa shape index (κ1) is 25.4. The normalized spacial score (nSPS) is 11.7. The van der Waals surface area contributed by atoms with E-state index in [2.05, 4.69) is 10.3 Å². The lowest BCUT2D eigenvalue weighted by Gasteiger charge is -2.20. The molecule has 0 spiro atoms. The number of hydrogen-bond acceptors (Lipinski definition) is 8. The number of carbonyl (C=O) groups is 1. The Bertz CT molecular complexity index is 1500. The van der Waals surface area contributed by atoms with E-state index in [-0.39, 0.29) is 41.6 Å². The van der Waals surface area contributed by atoms with Gasteiger partial charge in [-0.15, -0.1) is 0 Å². The Morgan fingerprint density at radius 3 is 2.51 bits per heavy atom. The summed E-state index contributed by atoms with van der Waals surface area (Å²) < 4.78 is 12.0. The zero-order valence-electron chi connectivity index (χ0n) is 20.3. The van der Waals surface area contributed by atoms with E-state index in [1.54, 1.807) is 48.7 Å². The van der Waals surface area contributed by atoms with E-state index in [0.717, 1.165) is 5.56 Å². The number of phenolic OH excluding ortho intramolecular Hbond substituents is 2. The third kappa shape index (κ3) is 5.43. The Morgan fingerprint density at radius 1 is 1.00 bits per heavy atom. The summed E-state index contributed by atoms with van der Waals surface area (Å²) in [5, 5.41) is 32.7. The maximum absolute atomic E-state index is 13.4. The van der Waals surface area contributed by atoms with Crippen LogP contribution < -0.4 is 20.3 Å². The number of nitrogens with zero attached hydrogens (tertiary/aromatic N) is 2. The van der Waals surface area contributed by atoms with Crippen molar-refractivity contribution in [3.8, 4) is 28.9 Å². The SMILES string of the molecule is COc1ccc([C@@H](CC(=O)NCCc2ccc(O)c(O)c2)c2c(O)nc3ccccn3c2=O)cc1OC. The fourth-order valence-corrected chi connectivity index (χ4v) is 4.18. The number of pyridine rings is 1. The summed E-state index contributed by atoms with van der Waals surface area (Å²) in [6.07, 6.45) is 1.80. The van der Waals surface area contributed by atoms with Gasteiger partial charge in [-0.1, -0.05) is 18.2 Å². The van der Waals surface area contributed by atoms with Gasteiger partial charge in [0.1, 0.15) is 5.65 Å². The van der Waals surface area contributed by atoms with Gasteiger partial charge in [0.2, 0.25) is 11.8 Å². The number of nitrogens with one attached hydrogen (secondary N) is 1. The van der Waals surface area contributed by atoms with Crippen molar-refractivity contribution in [2.75, 3.05) is 20.8 Å². The number of methoxy groups -OCH3 is 2. The van der Waals surface area contributed by atoms with Crippen molar-refractivity contribution in [2.24, 2.45) is 0 Å². The minimum atomic E-state index is -0.838. The van der Waals surface area contributed by atoms with E-state index < -0.39 is 17.4 Å². The van der Waals surface area contributed by atoms with Gasteiger partial charge in [-0.05, 0) is 53.9 Å².